The summed E-state index contributed by atoms with van der Waals surface area (Å²) in [6.45, 7) is 3.79. The number of nitrogens with one attached hydrogen (secondary N) is 1. The average Bonchev–Trinajstić information content (AvgIpc) is 2.38. The van der Waals surface area contributed by atoms with Gasteiger partial charge in [0.05, 0.1) is 12.0 Å². The summed E-state index contributed by atoms with van der Waals surface area (Å²) in [5.41, 5.74) is 1.12. The molecular weight excluding hydrogens is 264 g/mol. The molecule has 0 spiro atoms. The van der Waals surface area contributed by atoms with Crippen LogP contribution in [-0.4, -0.2) is 35.4 Å². The Morgan fingerprint density at radius 2 is 2.00 bits per heavy atom. The molecule has 1 N–H and O–H groups in total. The van der Waals surface area contributed by atoms with Crippen LogP contribution in [0.5, 0.6) is 0 Å². The van der Waals surface area contributed by atoms with Crippen molar-refractivity contribution in [3.8, 4) is 0 Å². The zero-order chi connectivity index (χ0) is 14.4. The molecule has 1 aromatic carbocycles. The Morgan fingerprint density at radius 1 is 1.42 bits per heavy atom. The number of aryl methyl sites for hydroxylation is 1. The van der Waals surface area contributed by atoms with E-state index in [1.807, 2.05) is 38.1 Å². The van der Waals surface area contributed by atoms with Crippen LogP contribution in [0.1, 0.15) is 18.9 Å². The third-order valence-corrected chi connectivity index (χ3v) is 3.97. The molecule has 6 heteroatoms. The van der Waals surface area contributed by atoms with Crippen LogP contribution in [0.4, 0.5) is 0 Å². The van der Waals surface area contributed by atoms with Crippen LogP contribution in [0.25, 0.3) is 0 Å². The Hall–Kier alpha value is -1.24. The molecule has 0 unspecified atom stereocenters. The molecule has 5 nitrogen and oxygen atoms in total. The minimum absolute atomic E-state index is 0.164. The number of hydrogen-bond acceptors (Lipinski definition) is 3. The second kappa shape index (κ2) is 7.37. The van der Waals surface area contributed by atoms with Crippen molar-refractivity contribution < 1.29 is 13.8 Å². The molecule has 0 aliphatic rings. The van der Waals surface area contributed by atoms with Gasteiger partial charge in [-0.1, -0.05) is 17.7 Å². The highest BCUT2D eigenvalue weighted by atomic mass is 32.2. The summed E-state index contributed by atoms with van der Waals surface area (Å²) in [6.07, 6.45) is 0.224. The number of benzene rings is 1. The Bertz CT molecular complexity index is 448. The van der Waals surface area contributed by atoms with Gasteiger partial charge in [0.15, 0.2) is 0 Å². The van der Waals surface area contributed by atoms with E-state index in [-0.39, 0.29) is 18.4 Å². The molecule has 106 valence electrons. The Morgan fingerprint density at radius 3 is 2.53 bits per heavy atom. The minimum atomic E-state index is -1.31. The van der Waals surface area contributed by atoms with Crippen molar-refractivity contribution in [2.24, 2.45) is 0 Å². The molecular formula is C13H20N2O3S. The molecule has 0 fully saturated rings. The minimum Gasteiger partial charge on any atom is -0.275 e. The SMILES string of the molecule is CON(C)C(=O)C[C@H](C)N[S@@](=O)c1ccc(C)cc1. The maximum Gasteiger partial charge on any atom is 0.247 e. The fourth-order valence-corrected chi connectivity index (χ4v) is 2.41. The highest BCUT2D eigenvalue weighted by Crippen LogP contribution is 2.08. The Balaban J connectivity index is 2.52. The van der Waals surface area contributed by atoms with Gasteiger partial charge in [0.1, 0.15) is 11.0 Å². The zero-order valence-corrected chi connectivity index (χ0v) is 12.5. The molecule has 0 aliphatic carbocycles. The maximum absolute atomic E-state index is 12.0. The van der Waals surface area contributed by atoms with Crippen LogP contribution in [0.15, 0.2) is 29.2 Å². The van der Waals surface area contributed by atoms with Crippen molar-refractivity contribution in [2.75, 3.05) is 14.2 Å². The zero-order valence-electron chi connectivity index (χ0n) is 11.7. The third kappa shape index (κ3) is 5.10. The van der Waals surface area contributed by atoms with E-state index in [4.69, 9.17) is 4.84 Å². The van der Waals surface area contributed by atoms with Gasteiger partial charge in [-0.05, 0) is 26.0 Å². The Labute approximate surface area is 116 Å². The lowest BCUT2D eigenvalue weighted by Gasteiger charge is -2.17. The van der Waals surface area contributed by atoms with Crippen LogP contribution < -0.4 is 4.72 Å². The van der Waals surface area contributed by atoms with Gasteiger partial charge in [-0.2, -0.15) is 0 Å². The van der Waals surface area contributed by atoms with E-state index >= 15 is 0 Å². The van der Waals surface area contributed by atoms with Gasteiger partial charge in [0, 0.05) is 19.5 Å². The standard InChI is InChI=1S/C13H20N2O3S/c1-10-5-7-12(8-6-10)19(17)14-11(2)9-13(16)15(3)18-4/h5-8,11,14H,9H2,1-4H3/t11-,19-/m0/s1. The van der Waals surface area contributed by atoms with E-state index in [2.05, 4.69) is 4.72 Å². The largest absolute Gasteiger partial charge is 0.275 e. The number of hydrogen-bond donors (Lipinski definition) is 1. The number of rotatable bonds is 6. The molecule has 0 radical (unpaired) electrons. The molecule has 0 saturated carbocycles. The van der Waals surface area contributed by atoms with Gasteiger partial charge >= 0.3 is 0 Å². The van der Waals surface area contributed by atoms with Crippen LogP contribution in [0.3, 0.4) is 0 Å². The topological polar surface area (TPSA) is 58.6 Å². The lowest BCUT2D eigenvalue weighted by Crippen LogP contribution is -2.35. The van der Waals surface area contributed by atoms with E-state index in [9.17, 15) is 9.00 Å². The van der Waals surface area contributed by atoms with E-state index in [0.717, 1.165) is 10.6 Å². The molecule has 1 rings (SSSR count). The van der Waals surface area contributed by atoms with Crippen molar-refractivity contribution in [1.82, 2.24) is 9.79 Å². The predicted molar refractivity (Wildman–Crippen MR) is 74.6 cm³/mol. The lowest BCUT2D eigenvalue weighted by molar-refractivity contribution is -0.168. The number of carbonyl (C=O) groups excluding carboxylic acids is 1. The maximum atomic E-state index is 12.0. The van der Waals surface area contributed by atoms with Crippen molar-refractivity contribution in [3.05, 3.63) is 29.8 Å². The molecule has 19 heavy (non-hydrogen) atoms. The second-order valence-corrected chi connectivity index (χ2v) is 5.62. The van der Waals surface area contributed by atoms with Gasteiger partial charge in [-0.15, -0.1) is 0 Å². The highest BCUT2D eigenvalue weighted by molar-refractivity contribution is 7.83. The number of carbonyl (C=O) groups is 1. The number of hydroxylamine groups is 2. The summed E-state index contributed by atoms with van der Waals surface area (Å²) in [4.78, 5) is 17.1. The molecule has 0 bridgehead atoms. The first-order valence-electron chi connectivity index (χ1n) is 5.99. The summed E-state index contributed by atoms with van der Waals surface area (Å²) in [7, 11) is 1.66. The summed E-state index contributed by atoms with van der Waals surface area (Å²) >= 11 is 0. The van der Waals surface area contributed by atoms with Crippen LogP contribution >= 0.6 is 0 Å². The molecule has 1 aromatic rings. The van der Waals surface area contributed by atoms with Crippen LogP contribution in [0.2, 0.25) is 0 Å². The fraction of sp³-hybridized carbons (Fsp3) is 0.462. The smallest absolute Gasteiger partial charge is 0.247 e. The van der Waals surface area contributed by atoms with E-state index in [1.54, 1.807) is 7.05 Å². The molecule has 0 saturated heterocycles. The summed E-state index contributed by atoms with van der Waals surface area (Å²) in [5, 5.41) is 1.16. The number of nitrogens with zero attached hydrogens (tertiary/aromatic N) is 1. The van der Waals surface area contributed by atoms with Gasteiger partial charge in [-0.25, -0.2) is 14.0 Å². The van der Waals surface area contributed by atoms with Gasteiger partial charge in [0.25, 0.3) is 0 Å². The van der Waals surface area contributed by atoms with Crippen molar-refractivity contribution in [1.29, 1.82) is 0 Å². The van der Waals surface area contributed by atoms with E-state index in [1.165, 1.54) is 7.11 Å². The summed E-state index contributed by atoms with van der Waals surface area (Å²) in [6, 6.07) is 7.24. The van der Waals surface area contributed by atoms with Gasteiger partial charge in [0.2, 0.25) is 5.91 Å². The van der Waals surface area contributed by atoms with Crippen LogP contribution in [-0.2, 0) is 20.6 Å². The third-order valence-electron chi connectivity index (χ3n) is 2.65. The fourth-order valence-electron chi connectivity index (χ4n) is 1.45. The quantitative estimate of drug-likeness (QED) is 0.803. The molecule has 0 aliphatic heterocycles. The first kappa shape index (κ1) is 15.8. The van der Waals surface area contributed by atoms with E-state index < -0.39 is 11.0 Å². The number of amides is 1. The van der Waals surface area contributed by atoms with Gasteiger partial charge < -0.3 is 0 Å². The van der Waals surface area contributed by atoms with Crippen LogP contribution in [0, 0.1) is 6.92 Å². The predicted octanol–water partition coefficient (Wildman–Crippen LogP) is 1.41. The van der Waals surface area contributed by atoms with Crippen molar-refractivity contribution >= 4 is 16.9 Å². The van der Waals surface area contributed by atoms with Gasteiger partial charge in [-0.3, -0.25) is 9.63 Å². The lowest BCUT2D eigenvalue weighted by atomic mass is 10.2. The summed E-state index contributed by atoms with van der Waals surface area (Å²) < 4.78 is 14.9. The molecule has 1 amide bonds. The Kier molecular flexibility index (Phi) is 6.14. The molecule has 2 atom stereocenters. The average molecular weight is 284 g/mol. The summed E-state index contributed by atoms with van der Waals surface area (Å²) in [5.74, 6) is -0.164. The first-order valence-corrected chi connectivity index (χ1v) is 7.14. The second-order valence-electron chi connectivity index (χ2n) is 4.38. The molecule has 0 aromatic heterocycles. The monoisotopic (exact) mass is 284 g/mol. The molecule has 0 heterocycles. The van der Waals surface area contributed by atoms with E-state index in [0.29, 0.717) is 4.90 Å². The first-order chi connectivity index (χ1) is 8.93. The van der Waals surface area contributed by atoms with Crippen molar-refractivity contribution in [3.63, 3.8) is 0 Å². The van der Waals surface area contributed by atoms with Crippen molar-refractivity contribution in [2.45, 2.75) is 31.2 Å². The highest BCUT2D eigenvalue weighted by Gasteiger charge is 2.15. The normalized spacial score (nSPS) is 13.9.